The van der Waals surface area contributed by atoms with E-state index in [0.29, 0.717) is 6.04 Å². The Morgan fingerprint density at radius 2 is 1.83 bits per heavy atom. The van der Waals surface area contributed by atoms with Gasteiger partial charge in [-0.05, 0) is 30.5 Å². The average Bonchev–Trinajstić information content (AvgIpc) is 3.36. The van der Waals surface area contributed by atoms with Gasteiger partial charge in [0.2, 0.25) is 0 Å². The Balaban J connectivity index is 1.73. The summed E-state index contributed by atoms with van der Waals surface area (Å²) in [5.74, 6) is 0.827. The van der Waals surface area contributed by atoms with Crippen LogP contribution in [0.4, 0.5) is 4.79 Å². The van der Waals surface area contributed by atoms with Crippen molar-refractivity contribution >= 4 is 17.1 Å². The number of rotatable bonds is 4. The minimum absolute atomic E-state index is 0.140. The third kappa shape index (κ3) is 2.85. The summed E-state index contributed by atoms with van der Waals surface area (Å²) in [5.41, 5.74) is 3.00. The van der Waals surface area contributed by atoms with Crippen molar-refractivity contribution in [2.75, 3.05) is 0 Å². The van der Waals surface area contributed by atoms with E-state index in [1.807, 2.05) is 66.2 Å². The molecule has 4 rings (SSSR count). The molecule has 5 heteroatoms. The average molecular weight is 320 g/mol. The summed E-state index contributed by atoms with van der Waals surface area (Å²) in [6.45, 7) is 0. The molecule has 1 unspecified atom stereocenters. The van der Waals surface area contributed by atoms with Crippen molar-refractivity contribution in [1.29, 1.82) is 0 Å². The van der Waals surface area contributed by atoms with Crippen molar-refractivity contribution in [3.05, 3.63) is 66.0 Å². The van der Waals surface area contributed by atoms with Crippen molar-refractivity contribution in [2.45, 2.75) is 24.9 Å². The molecule has 0 radical (unpaired) electrons. The van der Waals surface area contributed by atoms with Crippen LogP contribution in [0.2, 0.25) is 0 Å². The molecule has 1 aliphatic carbocycles. The van der Waals surface area contributed by atoms with E-state index in [1.165, 1.54) is 0 Å². The smallest absolute Gasteiger partial charge is 0.315 e. The molecule has 1 saturated carbocycles. The van der Waals surface area contributed by atoms with Gasteiger partial charge in [0, 0.05) is 13.1 Å². The highest BCUT2D eigenvalue weighted by molar-refractivity contribution is 5.78. The topological polar surface area (TPSA) is 59.0 Å². The van der Waals surface area contributed by atoms with Gasteiger partial charge >= 0.3 is 6.03 Å². The molecule has 1 aromatic heterocycles. The summed E-state index contributed by atoms with van der Waals surface area (Å²) in [5, 5.41) is 6.08. The standard InChI is InChI=1S/C19H20N4O/c1-23-16-10-6-5-9-15(16)21-18(23)17(13-7-3-2-4-8-13)22-19(24)20-14-11-12-14/h2-10,14,17H,11-12H2,1H3,(H2,20,22,24). The van der Waals surface area contributed by atoms with Gasteiger partial charge in [-0.1, -0.05) is 42.5 Å². The normalized spacial score (nSPS) is 15.2. The van der Waals surface area contributed by atoms with Crippen LogP contribution < -0.4 is 10.6 Å². The molecule has 0 spiro atoms. The van der Waals surface area contributed by atoms with Gasteiger partial charge in [0.25, 0.3) is 0 Å². The quantitative estimate of drug-likeness (QED) is 0.776. The van der Waals surface area contributed by atoms with Crippen LogP contribution in [-0.2, 0) is 7.05 Å². The largest absolute Gasteiger partial charge is 0.335 e. The molecule has 2 aromatic carbocycles. The van der Waals surface area contributed by atoms with Crippen LogP contribution in [0.1, 0.15) is 30.3 Å². The van der Waals surface area contributed by atoms with E-state index in [9.17, 15) is 4.79 Å². The fourth-order valence-corrected chi connectivity index (χ4v) is 2.95. The Hall–Kier alpha value is -2.82. The third-order valence-electron chi connectivity index (χ3n) is 4.40. The Morgan fingerprint density at radius 3 is 2.54 bits per heavy atom. The summed E-state index contributed by atoms with van der Waals surface area (Å²) in [6, 6.07) is 17.9. The molecule has 122 valence electrons. The molecule has 0 aliphatic heterocycles. The SMILES string of the molecule is Cn1c(C(NC(=O)NC2CC2)c2ccccc2)nc2ccccc21. The predicted octanol–water partition coefficient (Wildman–Crippen LogP) is 3.12. The van der Waals surface area contributed by atoms with Gasteiger partial charge in [0.1, 0.15) is 11.9 Å². The highest BCUT2D eigenvalue weighted by Gasteiger charge is 2.27. The highest BCUT2D eigenvalue weighted by Crippen LogP contribution is 2.25. The van der Waals surface area contributed by atoms with Crippen molar-refractivity contribution in [2.24, 2.45) is 7.05 Å². The number of hydrogen-bond acceptors (Lipinski definition) is 2. The first kappa shape index (κ1) is 14.8. The molecule has 1 aliphatic rings. The first-order valence-electron chi connectivity index (χ1n) is 8.25. The van der Waals surface area contributed by atoms with E-state index in [4.69, 9.17) is 4.98 Å². The van der Waals surface area contributed by atoms with Crippen molar-refractivity contribution in [1.82, 2.24) is 20.2 Å². The molecular formula is C19H20N4O. The number of carbonyl (C=O) groups is 1. The van der Waals surface area contributed by atoms with Gasteiger partial charge in [-0.15, -0.1) is 0 Å². The lowest BCUT2D eigenvalue weighted by molar-refractivity contribution is 0.237. The Kier molecular flexibility index (Phi) is 3.69. The van der Waals surface area contributed by atoms with E-state index >= 15 is 0 Å². The second-order valence-electron chi connectivity index (χ2n) is 6.25. The summed E-state index contributed by atoms with van der Waals surface area (Å²) in [6.07, 6.45) is 2.13. The molecule has 24 heavy (non-hydrogen) atoms. The molecule has 1 fully saturated rings. The van der Waals surface area contributed by atoms with E-state index in [2.05, 4.69) is 10.6 Å². The number of aromatic nitrogens is 2. The lowest BCUT2D eigenvalue weighted by Crippen LogP contribution is -2.40. The minimum Gasteiger partial charge on any atom is -0.335 e. The number of nitrogens with one attached hydrogen (secondary N) is 2. The number of para-hydroxylation sites is 2. The Bertz CT molecular complexity index is 867. The molecule has 5 nitrogen and oxygen atoms in total. The Labute approximate surface area is 140 Å². The van der Waals surface area contributed by atoms with E-state index in [1.54, 1.807) is 0 Å². The van der Waals surface area contributed by atoms with Crippen LogP contribution in [0.25, 0.3) is 11.0 Å². The van der Waals surface area contributed by atoms with Gasteiger partial charge in [-0.3, -0.25) is 0 Å². The highest BCUT2D eigenvalue weighted by atomic mass is 16.2. The van der Waals surface area contributed by atoms with E-state index < -0.39 is 0 Å². The number of imidazole rings is 1. The van der Waals surface area contributed by atoms with Crippen molar-refractivity contribution < 1.29 is 4.79 Å². The summed E-state index contributed by atoms with van der Waals surface area (Å²) < 4.78 is 2.05. The summed E-state index contributed by atoms with van der Waals surface area (Å²) in [4.78, 5) is 17.1. The number of fused-ring (bicyclic) bond motifs is 1. The zero-order valence-corrected chi connectivity index (χ0v) is 13.6. The number of nitrogens with zero attached hydrogens (tertiary/aromatic N) is 2. The molecule has 3 aromatic rings. The lowest BCUT2D eigenvalue weighted by Gasteiger charge is -2.19. The van der Waals surface area contributed by atoms with Crippen molar-refractivity contribution in [3.63, 3.8) is 0 Å². The molecule has 1 heterocycles. The molecule has 0 bridgehead atoms. The monoisotopic (exact) mass is 320 g/mol. The van der Waals surface area contributed by atoms with Gasteiger partial charge in [-0.25, -0.2) is 9.78 Å². The molecule has 2 amide bonds. The van der Waals surface area contributed by atoms with Gasteiger partial charge in [-0.2, -0.15) is 0 Å². The van der Waals surface area contributed by atoms with E-state index in [0.717, 1.165) is 35.3 Å². The zero-order chi connectivity index (χ0) is 16.5. The fourth-order valence-electron chi connectivity index (χ4n) is 2.95. The third-order valence-corrected chi connectivity index (χ3v) is 4.40. The molecule has 0 saturated heterocycles. The lowest BCUT2D eigenvalue weighted by atomic mass is 10.1. The van der Waals surface area contributed by atoms with Crippen LogP contribution in [0.3, 0.4) is 0 Å². The number of hydrogen-bond donors (Lipinski definition) is 2. The van der Waals surface area contributed by atoms with Crippen molar-refractivity contribution in [3.8, 4) is 0 Å². The van der Waals surface area contributed by atoms with E-state index in [-0.39, 0.29) is 12.1 Å². The number of benzene rings is 2. The van der Waals surface area contributed by atoms with Crippen LogP contribution >= 0.6 is 0 Å². The summed E-state index contributed by atoms with van der Waals surface area (Å²) >= 11 is 0. The zero-order valence-electron chi connectivity index (χ0n) is 13.6. The van der Waals surface area contributed by atoms with Crippen LogP contribution in [0.5, 0.6) is 0 Å². The van der Waals surface area contributed by atoms with Crippen LogP contribution in [-0.4, -0.2) is 21.6 Å². The summed E-state index contributed by atoms with van der Waals surface area (Å²) in [7, 11) is 1.99. The minimum atomic E-state index is -0.289. The number of carbonyl (C=O) groups excluding carboxylic acids is 1. The number of urea groups is 1. The maximum absolute atomic E-state index is 12.3. The van der Waals surface area contributed by atoms with Gasteiger partial charge < -0.3 is 15.2 Å². The fraction of sp³-hybridized carbons (Fsp3) is 0.263. The first-order valence-corrected chi connectivity index (χ1v) is 8.25. The molecule has 2 N–H and O–H groups in total. The number of amides is 2. The van der Waals surface area contributed by atoms with Crippen LogP contribution in [0.15, 0.2) is 54.6 Å². The first-order chi connectivity index (χ1) is 11.7. The number of aryl methyl sites for hydroxylation is 1. The second-order valence-corrected chi connectivity index (χ2v) is 6.25. The molecular weight excluding hydrogens is 300 g/mol. The Morgan fingerprint density at radius 1 is 1.12 bits per heavy atom. The van der Waals surface area contributed by atoms with Crippen LogP contribution in [0, 0.1) is 0 Å². The maximum Gasteiger partial charge on any atom is 0.315 e. The van der Waals surface area contributed by atoms with Gasteiger partial charge in [0.05, 0.1) is 11.0 Å². The maximum atomic E-state index is 12.3. The predicted molar refractivity (Wildman–Crippen MR) is 93.7 cm³/mol. The van der Waals surface area contributed by atoms with Gasteiger partial charge in [0.15, 0.2) is 0 Å². The second kappa shape index (κ2) is 6.00. The molecule has 1 atom stereocenters.